The quantitative estimate of drug-likeness (QED) is 0.669. The number of carbonyl (C=O) groups excluding carboxylic acids is 1. The topological polar surface area (TPSA) is 26.3 Å². The van der Waals surface area contributed by atoms with Gasteiger partial charge in [-0.3, -0.25) is 0 Å². The van der Waals surface area contributed by atoms with E-state index >= 15 is 0 Å². The van der Waals surface area contributed by atoms with Gasteiger partial charge in [0, 0.05) is 6.42 Å². The summed E-state index contributed by atoms with van der Waals surface area (Å²) in [4.78, 5) is 10.7. The molecule has 0 N–H and O–H groups in total. The summed E-state index contributed by atoms with van der Waals surface area (Å²) < 4.78 is 5.08. The summed E-state index contributed by atoms with van der Waals surface area (Å²) in [5.74, 6) is 1.17. The second kappa shape index (κ2) is 6.23. The number of ketones is 1. The average molecular weight is 206 g/mol. The van der Waals surface area contributed by atoms with Crippen LogP contribution in [-0.2, 0) is 11.2 Å². The third kappa shape index (κ3) is 4.63. The van der Waals surface area contributed by atoms with Crippen molar-refractivity contribution in [3.8, 4) is 5.75 Å². The highest BCUT2D eigenvalue weighted by atomic mass is 16.5. The van der Waals surface area contributed by atoms with Crippen molar-refractivity contribution in [3.63, 3.8) is 0 Å². The zero-order valence-corrected chi connectivity index (χ0v) is 9.45. The van der Waals surface area contributed by atoms with E-state index in [2.05, 4.69) is 12.1 Å². The molecule has 2 nitrogen and oxygen atoms in total. The lowest BCUT2D eigenvalue weighted by Crippen LogP contribution is -1.91. The number of aryl methyl sites for hydroxylation is 1. The Bertz CT molecular complexity index is 301. The predicted octanol–water partition coefficient (Wildman–Crippen LogP) is 3.00. The van der Waals surface area contributed by atoms with Crippen molar-refractivity contribution < 1.29 is 9.53 Å². The van der Waals surface area contributed by atoms with Crippen molar-refractivity contribution in [2.75, 3.05) is 7.11 Å². The number of hydrogen-bond acceptors (Lipinski definition) is 2. The zero-order valence-electron chi connectivity index (χ0n) is 9.45. The highest BCUT2D eigenvalue weighted by Gasteiger charge is 1.96. The van der Waals surface area contributed by atoms with E-state index in [1.54, 1.807) is 14.0 Å². The van der Waals surface area contributed by atoms with Gasteiger partial charge < -0.3 is 9.53 Å². The maximum absolute atomic E-state index is 10.7. The molecule has 15 heavy (non-hydrogen) atoms. The van der Waals surface area contributed by atoms with Crippen molar-refractivity contribution in [2.45, 2.75) is 32.6 Å². The summed E-state index contributed by atoms with van der Waals surface area (Å²) >= 11 is 0. The third-order valence-electron chi connectivity index (χ3n) is 2.40. The molecule has 0 radical (unpaired) electrons. The first-order valence-electron chi connectivity index (χ1n) is 5.34. The monoisotopic (exact) mass is 206 g/mol. The van der Waals surface area contributed by atoms with Crippen LogP contribution in [0.3, 0.4) is 0 Å². The molecule has 0 saturated heterocycles. The molecule has 2 heteroatoms. The van der Waals surface area contributed by atoms with Gasteiger partial charge >= 0.3 is 0 Å². The summed E-state index contributed by atoms with van der Waals surface area (Å²) in [7, 11) is 1.67. The van der Waals surface area contributed by atoms with E-state index in [4.69, 9.17) is 4.74 Å². The molecule has 82 valence electrons. The third-order valence-corrected chi connectivity index (χ3v) is 2.40. The summed E-state index contributed by atoms with van der Waals surface area (Å²) in [5, 5.41) is 0. The number of unbranched alkanes of at least 4 members (excludes halogenated alkanes) is 1. The molecular formula is C13H18O2. The van der Waals surface area contributed by atoms with Gasteiger partial charge in [0.15, 0.2) is 0 Å². The number of benzene rings is 1. The van der Waals surface area contributed by atoms with E-state index < -0.39 is 0 Å². The van der Waals surface area contributed by atoms with Crippen molar-refractivity contribution in [3.05, 3.63) is 29.8 Å². The molecule has 0 saturated carbocycles. The molecule has 0 aliphatic heterocycles. The number of hydrogen-bond donors (Lipinski definition) is 0. The Labute approximate surface area is 91.3 Å². The molecule has 0 unspecified atom stereocenters. The minimum atomic E-state index is 0.282. The normalized spacial score (nSPS) is 10.0. The molecule has 0 heterocycles. The summed E-state index contributed by atoms with van der Waals surface area (Å²) in [5.41, 5.74) is 1.30. The SMILES string of the molecule is COc1ccc(CCCCC(C)=O)cc1. The molecule has 1 aromatic rings. The fourth-order valence-electron chi connectivity index (χ4n) is 1.50. The van der Waals surface area contributed by atoms with Crippen LogP contribution in [0, 0.1) is 0 Å². The van der Waals surface area contributed by atoms with Gasteiger partial charge in [0.2, 0.25) is 0 Å². The summed E-state index contributed by atoms with van der Waals surface area (Å²) in [6.07, 6.45) is 3.81. The highest BCUT2D eigenvalue weighted by molar-refractivity contribution is 5.75. The Morgan fingerprint density at radius 3 is 2.40 bits per heavy atom. The van der Waals surface area contributed by atoms with Gasteiger partial charge in [-0.2, -0.15) is 0 Å². The Morgan fingerprint density at radius 2 is 1.87 bits per heavy atom. The summed E-state index contributed by atoms with van der Waals surface area (Å²) in [6.45, 7) is 1.65. The zero-order chi connectivity index (χ0) is 11.1. The smallest absolute Gasteiger partial charge is 0.129 e. The molecule has 0 amide bonds. The fraction of sp³-hybridized carbons (Fsp3) is 0.462. The second-order valence-corrected chi connectivity index (χ2v) is 3.76. The fourth-order valence-corrected chi connectivity index (χ4v) is 1.50. The number of methoxy groups -OCH3 is 1. The van der Waals surface area contributed by atoms with Crippen LogP contribution in [0.1, 0.15) is 31.7 Å². The molecule has 0 spiro atoms. The Morgan fingerprint density at radius 1 is 1.20 bits per heavy atom. The van der Waals surface area contributed by atoms with Crippen LogP contribution in [0.5, 0.6) is 5.75 Å². The first-order chi connectivity index (χ1) is 7.22. The maximum atomic E-state index is 10.7. The number of ether oxygens (including phenoxy) is 1. The van der Waals surface area contributed by atoms with Gasteiger partial charge in [0.25, 0.3) is 0 Å². The largest absolute Gasteiger partial charge is 0.497 e. The van der Waals surface area contributed by atoms with Crippen LogP contribution < -0.4 is 4.74 Å². The van der Waals surface area contributed by atoms with Crippen LogP contribution in [0.15, 0.2) is 24.3 Å². The second-order valence-electron chi connectivity index (χ2n) is 3.76. The maximum Gasteiger partial charge on any atom is 0.129 e. The van der Waals surface area contributed by atoms with Crippen molar-refractivity contribution >= 4 is 5.78 Å². The number of carbonyl (C=O) groups is 1. The Hall–Kier alpha value is -1.31. The molecule has 0 bridgehead atoms. The van der Waals surface area contributed by atoms with Gasteiger partial charge in [-0.05, 0) is 43.9 Å². The molecular weight excluding hydrogens is 188 g/mol. The molecule has 0 aromatic heterocycles. The molecule has 0 aliphatic carbocycles. The predicted molar refractivity (Wildman–Crippen MR) is 61.2 cm³/mol. The highest BCUT2D eigenvalue weighted by Crippen LogP contribution is 2.13. The van der Waals surface area contributed by atoms with E-state index in [9.17, 15) is 4.79 Å². The lowest BCUT2D eigenvalue weighted by Gasteiger charge is -2.02. The van der Waals surface area contributed by atoms with E-state index in [1.807, 2.05) is 12.1 Å². The van der Waals surface area contributed by atoms with Gasteiger partial charge in [0.1, 0.15) is 11.5 Å². The minimum Gasteiger partial charge on any atom is -0.497 e. The van der Waals surface area contributed by atoms with E-state index in [-0.39, 0.29) is 5.78 Å². The van der Waals surface area contributed by atoms with Crippen molar-refractivity contribution in [1.29, 1.82) is 0 Å². The Balaban J connectivity index is 2.28. The van der Waals surface area contributed by atoms with E-state index in [0.717, 1.165) is 25.0 Å². The van der Waals surface area contributed by atoms with Crippen LogP contribution in [0.25, 0.3) is 0 Å². The average Bonchev–Trinajstić information content (AvgIpc) is 2.25. The summed E-state index contributed by atoms with van der Waals surface area (Å²) in [6, 6.07) is 8.10. The molecule has 1 rings (SSSR count). The minimum absolute atomic E-state index is 0.282. The first-order valence-corrected chi connectivity index (χ1v) is 5.34. The van der Waals surface area contributed by atoms with Crippen molar-refractivity contribution in [1.82, 2.24) is 0 Å². The van der Waals surface area contributed by atoms with E-state index in [1.165, 1.54) is 5.56 Å². The molecule has 0 atom stereocenters. The van der Waals surface area contributed by atoms with Gasteiger partial charge in [-0.15, -0.1) is 0 Å². The van der Waals surface area contributed by atoms with Crippen LogP contribution >= 0.6 is 0 Å². The molecule has 1 aromatic carbocycles. The van der Waals surface area contributed by atoms with Crippen LogP contribution in [0.2, 0.25) is 0 Å². The van der Waals surface area contributed by atoms with Crippen molar-refractivity contribution in [2.24, 2.45) is 0 Å². The standard InChI is InChI=1S/C13H18O2/c1-11(14)5-3-4-6-12-7-9-13(15-2)10-8-12/h7-10H,3-6H2,1-2H3. The number of rotatable bonds is 6. The van der Waals surface area contributed by atoms with Crippen LogP contribution in [0.4, 0.5) is 0 Å². The lowest BCUT2D eigenvalue weighted by atomic mass is 10.1. The lowest BCUT2D eigenvalue weighted by molar-refractivity contribution is -0.117. The van der Waals surface area contributed by atoms with E-state index in [0.29, 0.717) is 6.42 Å². The van der Waals surface area contributed by atoms with Gasteiger partial charge in [-0.25, -0.2) is 0 Å². The molecule has 0 fully saturated rings. The first kappa shape index (κ1) is 11.8. The number of Topliss-reactive ketones (excluding diaryl/α,β-unsaturated/α-hetero) is 1. The van der Waals surface area contributed by atoms with Crippen LogP contribution in [-0.4, -0.2) is 12.9 Å². The molecule has 0 aliphatic rings. The Kier molecular flexibility index (Phi) is 4.88. The van der Waals surface area contributed by atoms with Gasteiger partial charge in [-0.1, -0.05) is 12.1 Å². The van der Waals surface area contributed by atoms with Gasteiger partial charge in [0.05, 0.1) is 7.11 Å².